The summed E-state index contributed by atoms with van der Waals surface area (Å²) in [7, 11) is 0. The average Bonchev–Trinajstić information content (AvgIpc) is 3.21. The first-order valence-corrected chi connectivity index (χ1v) is 8.05. The molecule has 0 unspecified atom stereocenters. The fraction of sp³-hybridized carbons (Fsp3) is 0.167. The van der Waals surface area contributed by atoms with Crippen molar-refractivity contribution in [1.29, 1.82) is 0 Å². The topological polar surface area (TPSA) is 86.9 Å². The number of carbonyl (C=O) groups excluding carboxylic acids is 2. The third kappa shape index (κ3) is 2.90. The van der Waals surface area contributed by atoms with Crippen LogP contribution in [0.25, 0.3) is 22.2 Å². The van der Waals surface area contributed by atoms with Gasteiger partial charge < -0.3 is 10.6 Å². The normalized spacial score (nSPS) is 16.7. The zero-order valence-electron chi connectivity index (χ0n) is 13.5. The number of aromatic amines is 1. The van der Waals surface area contributed by atoms with E-state index in [1.807, 2.05) is 0 Å². The van der Waals surface area contributed by atoms with E-state index in [2.05, 4.69) is 20.8 Å². The van der Waals surface area contributed by atoms with E-state index in [9.17, 15) is 18.4 Å². The molecule has 0 saturated carbocycles. The fourth-order valence-electron chi connectivity index (χ4n) is 3.02. The van der Waals surface area contributed by atoms with Crippen LogP contribution in [0.1, 0.15) is 12.8 Å². The van der Waals surface area contributed by atoms with Gasteiger partial charge in [-0.25, -0.2) is 8.78 Å². The van der Waals surface area contributed by atoms with Crippen molar-refractivity contribution >= 4 is 28.4 Å². The molecule has 1 atom stereocenters. The van der Waals surface area contributed by atoms with Gasteiger partial charge in [0.15, 0.2) is 0 Å². The molecule has 2 heterocycles. The Morgan fingerprint density at radius 1 is 1.23 bits per heavy atom. The lowest BCUT2D eigenvalue weighted by Gasteiger charge is -2.12. The summed E-state index contributed by atoms with van der Waals surface area (Å²) in [5.74, 6) is -1.73. The van der Waals surface area contributed by atoms with Crippen LogP contribution in [-0.4, -0.2) is 28.1 Å². The Morgan fingerprint density at radius 2 is 2.08 bits per heavy atom. The second-order valence-electron chi connectivity index (χ2n) is 6.11. The second kappa shape index (κ2) is 6.21. The van der Waals surface area contributed by atoms with Gasteiger partial charge in [0.1, 0.15) is 23.4 Å². The Kier molecular flexibility index (Phi) is 3.87. The molecule has 132 valence electrons. The van der Waals surface area contributed by atoms with Crippen LogP contribution < -0.4 is 10.6 Å². The highest BCUT2D eigenvalue weighted by molar-refractivity contribution is 6.02. The number of nitrogens with one attached hydrogen (secondary N) is 3. The second-order valence-corrected chi connectivity index (χ2v) is 6.11. The number of anilines is 1. The van der Waals surface area contributed by atoms with E-state index in [-0.39, 0.29) is 18.0 Å². The lowest BCUT2D eigenvalue weighted by molar-refractivity contribution is -0.122. The lowest BCUT2D eigenvalue weighted by Crippen LogP contribution is -2.37. The highest BCUT2D eigenvalue weighted by Crippen LogP contribution is 2.30. The SMILES string of the molecule is O=C1CC[C@@H](C(=O)Nc2cc3c(-c4cccc(F)c4)n[nH]c3cc2F)N1. The Bertz CT molecular complexity index is 1030. The molecule has 0 aliphatic carbocycles. The summed E-state index contributed by atoms with van der Waals surface area (Å²) in [5, 5.41) is 12.4. The van der Waals surface area contributed by atoms with Crippen LogP contribution in [0.2, 0.25) is 0 Å². The minimum absolute atomic E-state index is 0.0253. The first kappa shape index (κ1) is 16.2. The Morgan fingerprint density at radius 3 is 2.81 bits per heavy atom. The molecule has 2 aromatic carbocycles. The number of rotatable bonds is 3. The summed E-state index contributed by atoms with van der Waals surface area (Å²) in [6.07, 6.45) is 0.639. The van der Waals surface area contributed by atoms with E-state index in [4.69, 9.17) is 0 Å². The van der Waals surface area contributed by atoms with Crippen molar-refractivity contribution in [2.75, 3.05) is 5.32 Å². The highest BCUT2D eigenvalue weighted by Gasteiger charge is 2.27. The third-order valence-corrected chi connectivity index (χ3v) is 4.32. The summed E-state index contributed by atoms with van der Waals surface area (Å²) in [6, 6.07) is 7.88. The number of nitrogens with zero attached hydrogens (tertiary/aromatic N) is 1. The highest BCUT2D eigenvalue weighted by atomic mass is 19.1. The summed E-state index contributed by atoms with van der Waals surface area (Å²) in [5.41, 5.74) is 1.38. The molecule has 1 saturated heterocycles. The monoisotopic (exact) mass is 356 g/mol. The average molecular weight is 356 g/mol. The van der Waals surface area contributed by atoms with E-state index in [1.165, 1.54) is 24.3 Å². The number of halogens is 2. The van der Waals surface area contributed by atoms with Gasteiger partial charge in [-0.1, -0.05) is 12.1 Å². The van der Waals surface area contributed by atoms with Gasteiger partial charge in [0.2, 0.25) is 11.8 Å². The summed E-state index contributed by atoms with van der Waals surface area (Å²) in [6.45, 7) is 0. The fourth-order valence-corrected chi connectivity index (χ4v) is 3.02. The van der Waals surface area contributed by atoms with Gasteiger partial charge in [-0.15, -0.1) is 0 Å². The van der Waals surface area contributed by atoms with Gasteiger partial charge in [0, 0.05) is 23.4 Å². The Balaban J connectivity index is 1.69. The number of fused-ring (bicyclic) bond motifs is 1. The molecule has 8 heteroatoms. The molecule has 0 spiro atoms. The van der Waals surface area contributed by atoms with Gasteiger partial charge in [0.05, 0.1) is 11.2 Å². The number of H-pyrrole nitrogens is 1. The molecule has 4 rings (SSSR count). The van der Waals surface area contributed by atoms with E-state index in [0.29, 0.717) is 28.6 Å². The van der Waals surface area contributed by atoms with E-state index in [1.54, 1.807) is 12.1 Å². The van der Waals surface area contributed by atoms with E-state index >= 15 is 0 Å². The standard InChI is InChI=1S/C18H14F2N4O2/c19-10-3-1-2-9(6-10)17-11-7-15(12(20)8-14(11)23-24-17)22-18(26)13-4-5-16(25)21-13/h1-3,6-8,13H,4-5H2,(H,21,25)(H,22,26)(H,23,24)/t13-/m0/s1. The number of amides is 2. The summed E-state index contributed by atoms with van der Waals surface area (Å²) >= 11 is 0. The van der Waals surface area contributed by atoms with Crippen LogP contribution in [0, 0.1) is 11.6 Å². The lowest BCUT2D eigenvalue weighted by atomic mass is 10.1. The minimum Gasteiger partial charge on any atom is -0.344 e. The maximum Gasteiger partial charge on any atom is 0.247 e. The van der Waals surface area contributed by atoms with Gasteiger partial charge >= 0.3 is 0 Å². The molecule has 6 nitrogen and oxygen atoms in total. The number of hydrogen-bond donors (Lipinski definition) is 3. The van der Waals surface area contributed by atoms with Crippen LogP contribution in [-0.2, 0) is 9.59 Å². The smallest absolute Gasteiger partial charge is 0.247 e. The van der Waals surface area contributed by atoms with Crippen molar-refractivity contribution in [3.8, 4) is 11.3 Å². The Labute approximate surface area is 146 Å². The predicted octanol–water partition coefficient (Wildman–Crippen LogP) is 2.73. The first-order valence-electron chi connectivity index (χ1n) is 8.05. The quantitative estimate of drug-likeness (QED) is 0.674. The van der Waals surface area contributed by atoms with Gasteiger partial charge in [-0.3, -0.25) is 14.7 Å². The van der Waals surface area contributed by atoms with Gasteiger partial charge in [-0.2, -0.15) is 5.10 Å². The van der Waals surface area contributed by atoms with E-state index in [0.717, 1.165) is 0 Å². The molecular formula is C18H14F2N4O2. The molecule has 0 radical (unpaired) electrons. The molecule has 26 heavy (non-hydrogen) atoms. The van der Waals surface area contributed by atoms with Gasteiger partial charge in [-0.05, 0) is 24.6 Å². The number of aromatic nitrogens is 2. The molecule has 3 N–H and O–H groups in total. The van der Waals surface area contributed by atoms with Crippen LogP contribution in [0.5, 0.6) is 0 Å². The molecular weight excluding hydrogens is 342 g/mol. The molecule has 2 amide bonds. The number of benzene rings is 2. The predicted molar refractivity (Wildman–Crippen MR) is 91.2 cm³/mol. The molecule has 1 aromatic heterocycles. The number of carbonyl (C=O) groups is 2. The van der Waals surface area contributed by atoms with Crippen molar-refractivity contribution in [3.05, 3.63) is 48.0 Å². The molecule has 0 bridgehead atoms. The van der Waals surface area contributed by atoms with Crippen LogP contribution >= 0.6 is 0 Å². The maximum absolute atomic E-state index is 14.3. The van der Waals surface area contributed by atoms with Crippen molar-refractivity contribution in [1.82, 2.24) is 15.5 Å². The van der Waals surface area contributed by atoms with Crippen LogP contribution in [0.4, 0.5) is 14.5 Å². The minimum atomic E-state index is -0.676. The van der Waals surface area contributed by atoms with Crippen molar-refractivity contribution in [3.63, 3.8) is 0 Å². The number of hydrogen-bond acceptors (Lipinski definition) is 3. The molecule has 1 fully saturated rings. The molecule has 1 aliphatic heterocycles. The summed E-state index contributed by atoms with van der Waals surface area (Å²) in [4.78, 5) is 23.5. The van der Waals surface area contributed by atoms with Crippen molar-refractivity contribution in [2.24, 2.45) is 0 Å². The van der Waals surface area contributed by atoms with Crippen molar-refractivity contribution < 1.29 is 18.4 Å². The summed E-state index contributed by atoms with van der Waals surface area (Å²) < 4.78 is 27.8. The zero-order chi connectivity index (χ0) is 18.3. The molecule has 3 aromatic rings. The van der Waals surface area contributed by atoms with Crippen LogP contribution in [0.3, 0.4) is 0 Å². The first-order chi connectivity index (χ1) is 12.5. The van der Waals surface area contributed by atoms with Crippen LogP contribution in [0.15, 0.2) is 36.4 Å². The van der Waals surface area contributed by atoms with Gasteiger partial charge in [0.25, 0.3) is 0 Å². The Hall–Kier alpha value is -3.29. The van der Waals surface area contributed by atoms with E-state index < -0.39 is 23.6 Å². The largest absolute Gasteiger partial charge is 0.344 e. The third-order valence-electron chi connectivity index (χ3n) is 4.32. The van der Waals surface area contributed by atoms with Crippen molar-refractivity contribution in [2.45, 2.75) is 18.9 Å². The zero-order valence-corrected chi connectivity index (χ0v) is 13.5. The maximum atomic E-state index is 14.3. The molecule has 1 aliphatic rings.